The number of hydrogen-bond donors (Lipinski definition) is 2. The maximum atomic E-state index is 14.2. The van der Waals surface area contributed by atoms with E-state index in [1.54, 1.807) is 12.1 Å². The Hall–Kier alpha value is -3.48. The van der Waals surface area contributed by atoms with E-state index in [0.29, 0.717) is 45.5 Å². The van der Waals surface area contributed by atoms with Gasteiger partial charge in [0.1, 0.15) is 0 Å². The smallest absolute Gasteiger partial charge is 0.196 e. The highest BCUT2D eigenvalue weighted by Gasteiger charge is 2.34. The summed E-state index contributed by atoms with van der Waals surface area (Å²) < 4.78 is 0. The first-order valence-corrected chi connectivity index (χ1v) is 15.6. The van der Waals surface area contributed by atoms with E-state index < -0.39 is 0 Å². The Bertz CT molecular complexity index is 1570. The third-order valence-electron chi connectivity index (χ3n) is 8.66. The van der Waals surface area contributed by atoms with Crippen LogP contribution in [0.15, 0.2) is 92.4 Å². The van der Waals surface area contributed by atoms with E-state index in [2.05, 4.69) is 24.3 Å². The molecule has 7 rings (SSSR count). The quantitative estimate of drug-likeness (QED) is 0.202. The number of benzene rings is 4. The Balaban J connectivity index is 1.23. The molecule has 2 saturated carbocycles. The first kappa shape index (κ1) is 25.5. The highest BCUT2D eigenvalue weighted by atomic mass is 32.2. The van der Waals surface area contributed by atoms with Crippen molar-refractivity contribution < 1.29 is 9.59 Å². The molecule has 0 atom stereocenters. The summed E-state index contributed by atoms with van der Waals surface area (Å²) in [6.45, 7) is 0. The predicted octanol–water partition coefficient (Wildman–Crippen LogP) is 8.46. The van der Waals surface area contributed by atoms with Crippen LogP contribution in [-0.4, -0.2) is 11.6 Å². The third kappa shape index (κ3) is 4.34. The van der Waals surface area contributed by atoms with Crippen molar-refractivity contribution in [2.75, 3.05) is 11.5 Å². The van der Waals surface area contributed by atoms with E-state index in [9.17, 15) is 9.59 Å². The van der Waals surface area contributed by atoms with Crippen LogP contribution in [0.5, 0.6) is 0 Å². The molecule has 0 aliphatic heterocycles. The summed E-state index contributed by atoms with van der Waals surface area (Å²) in [4.78, 5) is 31.2. The zero-order valence-electron chi connectivity index (χ0n) is 22.1. The van der Waals surface area contributed by atoms with Crippen molar-refractivity contribution >= 4 is 46.5 Å². The van der Waals surface area contributed by atoms with E-state index in [0.717, 1.165) is 19.6 Å². The Morgan fingerprint density at radius 2 is 1.00 bits per heavy atom. The lowest BCUT2D eigenvalue weighted by Gasteiger charge is -2.26. The molecule has 0 unspecified atom stereocenters. The average molecular weight is 563 g/mol. The van der Waals surface area contributed by atoms with Crippen LogP contribution >= 0.6 is 23.5 Å². The molecule has 3 aliphatic carbocycles. The molecular formula is C34H30N2O2S2. The lowest BCUT2D eigenvalue weighted by Crippen LogP contribution is -2.22. The predicted molar refractivity (Wildman–Crippen MR) is 163 cm³/mol. The number of nitrogen functional groups attached to an aromatic ring is 2. The Morgan fingerprint density at radius 3 is 1.38 bits per heavy atom. The molecule has 3 aliphatic rings. The molecule has 200 valence electrons. The molecule has 4 aromatic rings. The van der Waals surface area contributed by atoms with Gasteiger partial charge >= 0.3 is 0 Å². The fourth-order valence-corrected chi connectivity index (χ4v) is 7.90. The largest absolute Gasteiger partial charge is 0.398 e. The van der Waals surface area contributed by atoms with Gasteiger partial charge in [-0.25, -0.2) is 0 Å². The maximum Gasteiger partial charge on any atom is 0.196 e. The zero-order chi connectivity index (χ0) is 27.4. The van der Waals surface area contributed by atoms with Gasteiger partial charge in [-0.1, -0.05) is 72.8 Å². The van der Waals surface area contributed by atoms with Crippen LogP contribution in [0.2, 0.25) is 0 Å². The number of anilines is 2. The van der Waals surface area contributed by atoms with E-state index in [-0.39, 0.29) is 11.6 Å². The highest BCUT2D eigenvalue weighted by Crippen LogP contribution is 2.45. The standard InChI is InChI=1S/C34H30N2O2S2/c35-25-17-21(19-5-1-6-19)13-15-27(25)39-29-11-3-9-23-31(29)34(38)32-24(33(23)37)10-4-12-30(32)40-28-16-14-22(18-26(28)36)20-7-2-8-20/h3-4,9-20H,1-2,5-8,35-36H2. The average Bonchev–Trinajstić information content (AvgIpc) is 2.88. The lowest BCUT2D eigenvalue weighted by molar-refractivity contribution is 0.0974. The van der Waals surface area contributed by atoms with Crippen LogP contribution in [0.4, 0.5) is 11.4 Å². The Morgan fingerprint density at radius 1 is 0.550 bits per heavy atom. The molecule has 4 nitrogen and oxygen atoms in total. The van der Waals surface area contributed by atoms with Gasteiger partial charge in [-0.2, -0.15) is 0 Å². The van der Waals surface area contributed by atoms with Crippen LogP contribution in [0.3, 0.4) is 0 Å². The number of ketones is 2. The van der Waals surface area contributed by atoms with Crippen LogP contribution in [0.1, 0.15) is 93.3 Å². The van der Waals surface area contributed by atoms with Crippen molar-refractivity contribution in [3.05, 3.63) is 106 Å². The van der Waals surface area contributed by atoms with Gasteiger partial charge in [0, 0.05) is 53.2 Å². The maximum absolute atomic E-state index is 14.2. The SMILES string of the molecule is Nc1cc(C2CCC2)ccc1Sc1cccc2c1C(=O)c1c(Sc3ccc(C4CCC4)cc3N)cccc1C2=O. The second-order valence-electron chi connectivity index (χ2n) is 11.1. The molecular weight excluding hydrogens is 533 g/mol. The number of hydrogen-bond acceptors (Lipinski definition) is 6. The summed E-state index contributed by atoms with van der Waals surface area (Å²) in [5.74, 6) is 0.933. The minimum Gasteiger partial charge on any atom is -0.398 e. The van der Waals surface area contributed by atoms with Gasteiger partial charge in [-0.15, -0.1) is 0 Å². The normalized spacial score (nSPS) is 16.7. The third-order valence-corrected chi connectivity index (χ3v) is 11.0. The summed E-state index contributed by atoms with van der Waals surface area (Å²) in [6, 6.07) is 23.5. The summed E-state index contributed by atoms with van der Waals surface area (Å²) in [7, 11) is 0. The van der Waals surface area contributed by atoms with E-state index >= 15 is 0 Å². The van der Waals surface area contributed by atoms with E-state index in [4.69, 9.17) is 11.5 Å². The van der Waals surface area contributed by atoms with Gasteiger partial charge in [0.05, 0.1) is 0 Å². The fourth-order valence-electron chi connectivity index (χ4n) is 5.90. The highest BCUT2D eigenvalue weighted by molar-refractivity contribution is 8.00. The van der Waals surface area contributed by atoms with Gasteiger partial charge in [0.15, 0.2) is 11.6 Å². The van der Waals surface area contributed by atoms with Crippen molar-refractivity contribution in [3.8, 4) is 0 Å². The molecule has 0 amide bonds. The molecule has 0 aromatic heterocycles. The number of carbonyl (C=O) groups excluding carboxylic acids is 2. The minimum absolute atomic E-state index is 0.129. The monoisotopic (exact) mass is 562 g/mol. The van der Waals surface area contributed by atoms with Crippen molar-refractivity contribution in [2.45, 2.75) is 69.9 Å². The number of nitrogens with two attached hydrogens (primary N) is 2. The molecule has 0 heterocycles. The van der Waals surface area contributed by atoms with Crippen LogP contribution in [-0.2, 0) is 0 Å². The molecule has 4 N–H and O–H groups in total. The molecule has 4 aromatic carbocycles. The molecule has 40 heavy (non-hydrogen) atoms. The molecule has 6 heteroatoms. The van der Waals surface area contributed by atoms with Crippen LogP contribution < -0.4 is 11.5 Å². The second kappa shape index (κ2) is 10.2. The first-order chi connectivity index (χ1) is 19.5. The van der Waals surface area contributed by atoms with Gasteiger partial charge in [-0.3, -0.25) is 9.59 Å². The summed E-state index contributed by atoms with van der Waals surface area (Å²) in [5.41, 5.74) is 18.7. The topological polar surface area (TPSA) is 86.2 Å². The Kier molecular flexibility index (Phi) is 6.48. The second-order valence-corrected chi connectivity index (χ2v) is 13.2. The van der Waals surface area contributed by atoms with Crippen molar-refractivity contribution in [3.63, 3.8) is 0 Å². The molecule has 0 radical (unpaired) electrons. The molecule has 2 fully saturated rings. The van der Waals surface area contributed by atoms with E-state index in [1.165, 1.54) is 73.2 Å². The van der Waals surface area contributed by atoms with Crippen molar-refractivity contribution in [1.29, 1.82) is 0 Å². The van der Waals surface area contributed by atoms with Gasteiger partial charge in [0.25, 0.3) is 0 Å². The van der Waals surface area contributed by atoms with Gasteiger partial charge < -0.3 is 11.5 Å². The van der Waals surface area contributed by atoms with Crippen LogP contribution in [0.25, 0.3) is 0 Å². The van der Waals surface area contributed by atoms with Gasteiger partial charge in [0.2, 0.25) is 0 Å². The minimum atomic E-state index is -0.134. The van der Waals surface area contributed by atoms with Crippen molar-refractivity contribution in [2.24, 2.45) is 0 Å². The fraction of sp³-hybridized carbons (Fsp3) is 0.235. The number of fused-ring (bicyclic) bond motifs is 2. The van der Waals surface area contributed by atoms with Crippen LogP contribution in [0, 0.1) is 0 Å². The summed E-state index contributed by atoms with van der Waals surface area (Å²) >= 11 is 2.91. The summed E-state index contributed by atoms with van der Waals surface area (Å²) in [6.07, 6.45) is 7.40. The van der Waals surface area contributed by atoms with Crippen molar-refractivity contribution in [1.82, 2.24) is 0 Å². The number of carbonyl (C=O) groups is 2. The molecule has 0 saturated heterocycles. The number of rotatable bonds is 6. The molecule has 0 bridgehead atoms. The summed E-state index contributed by atoms with van der Waals surface area (Å²) in [5, 5.41) is 0. The molecule has 0 spiro atoms. The lowest BCUT2D eigenvalue weighted by atomic mass is 9.80. The van der Waals surface area contributed by atoms with Gasteiger partial charge in [-0.05, 0) is 85.0 Å². The van der Waals surface area contributed by atoms with E-state index in [1.807, 2.05) is 36.4 Å². The first-order valence-electron chi connectivity index (χ1n) is 14.0. The zero-order valence-corrected chi connectivity index (χ0v) is 23.7. The Labute approximate surface area is 242 Å².